The van der Waals surface area contributed by atoms with Gasteiger partial charge in [0.15, 0.2) is 0 Å². The maximum Gasteiger partial charge on any atom is 0.140 e. The van der Waals surface area contributed by atoms with Gasteiger partial charge in [0.2, 0.25) is 0 Å². The first-order valence-corrected chi connectivity index (χ1v) is 7.71. The monoisotopic (exact) mass is 285 g/mol. The Morgan fingerprint density at radius 3 is 2.59 bits per heavy atom. The van der Waals surface area contributed by atoms with Crippen LogP contribution >= 0.6 is 0 Å². The first-order valence-electron chi connectivity index (χ1n) is 7.71. The van der Waals surface area contributed by atoms with Crippen molar-refractivity contribution in [2.45, 2.75) is 18.8 Å². The lowest BCUT2D eigenvalue weighted by atomic mass is 9.75. The molecule has 0 saturated heterocycles. The van der Waals surface area contributed by atoms with E-state index in [-0.39, 0.29) is 11.7 Å². The van der Waals surface area contributed by atoms with Gasteiger partial charge in [0.05, 0.1) is 0 Å². The SMILES string of the molecule is [CH2]CC(=O)C1Cc2c(ccc3ccccc23)-c2ccccc21. The molecule has 0 heterocycles. The molecule has 1 radical (unpaired) electrons. The molecule has 0 amide bonds. The van der Waals surface area contributed by atoms with Gasteiger partial charge in [0.1, 0.15) is 5.78 Å². The number of fused-ring (bicyclic) bond motifs is 5. The van der Waals surface area contributed by atoms with E-state index in [1.165, 1.54) is 27.5 Å². The van der Waals surface area contributed by atoms with Gasteiger partial charge in [-0.05, 0) is 46.4 Å². The fourth-order valence-corrected chi connectivity index (χ4v) is 3.63. The summed E-state index contributed by atoms with van der Waals surface area (Å²) >= 11 is 0. The Morgan fingerprint density at radius 1 is 0.955 bits per heavy atom. The lowest BCUT2D eigenvalue weighted by molar-refractivity contribution is -0.119. The van der Waals surface area contributed by atoms with E-state index < -0.39 is 0 Å². The third-order valence-corrected chi connectivity index (χ3v) is 4.71. The van der Waals surface area contributed by atoms with Crippen molar-refractivity contribution in [3.8, 4) is 11.1 Å². The van der Waals surface area contributed by atoms with Crippen molar-refractivity contribution < 1.29 is 4.79 Å². The zero-order valence-corrected chi connectivity index (χ0v) is 12.4. The van der Waals surface area contributed by atoms with Crippen LogP contribution in [0.3, 0.4) is 0 Å². The van der Waals surface area contributed by atoms with E-state index in [9.17, 15) is 4.79 Å². The predicted octanol–water partition coefficient (Wildman–Crippen LogP) is 4.94. The Hall–Kier alpha value is -2.41. The number of hydrogen-bond donors (Lipinski definition) is 0. The highest BCUT2D eigenvalue weighted by molar-refractivity contribution is 5.97. The molecule has 3 aromatic rings. The average Bonchev–Trinajstić information content (AvgIpc) is 2.60. The van der Waals surface area contributed by atoms with E-state index in [1.807, 2.05) is 6.07 Å². The van der Waals surface area contributed by atoms with E-state index >= 15 is 0 Å². The van der Waals surface area contributed by atoms with Crippen molar-refractivity contribution in [1.82, 2.24) is 0 Å². The first kappa shape index (κ1) is 13.3. The van der Waals surface area contributed by atoms with Crippen LogP contribution in [0.5, 0.6) is 0 Å². The Balaban J connectivity index is 2.02. The Labute approximate surface area is 130 Å². The molecule has 107 valence electrons. The maximum atomic E-state index is 12.4. The average molecular weight is 285 g/mol. The van der Waals surface area contributed by atoms with Gasteiger partial charge in [-0.15, -0.1) is 0 Å². The highest BCUT2D eigenvalue weighted by Crippen LogP contribution is 2.42. The third-order valence-electron chi connectivity index (χ3n) is 4.71. The standard InChI is InChI=1S/C21H17O/c1-2-21(22)20-13-19-15-8-4-3-7-14(15)11-12-18(19)16-9-5-6-10-17(16)20/h3-12,20H,1-2,13H2. The number of hydrogen-bond acceptors (Lipinski definition) is 1. The Bertz CT molecular complexity index is 876. The molecule has 3 aromatic carbocycles. The minimum Gasteiger partial charge on any atom is -0.299 e. The van der Waals surface area contributed by atoms with Crippen LogP contribution in [0.1, 0.15) is 23.5 Å². The summed E-state index contributed by atoms with van der Waals surface area (Å²) in [4.78, 5) is 12.4. The van der Waals surface area contributed by atoms with Gasteiger partial charge < -0.3 is 0 Å². The molecule has 0 fully saturated rings. The number of rotatable bonds is 2. The van der Waals surface area contributed by atoms with Crippen LogP contribution in [0.15, 0.2) is 60.7 Å². The van der Waals surface area contributed by atoms with E-state index in [4.69, 9.17) is 0 Å². The first-order chi connectivity index (χ1) is 10.8. The number of benzene rings is 3. The minimum atomic E-state index is -0.0630. The lowest BCUT2D eigenvalue weighted by Gasteiger charge is -2.28. The lowest BCUT2D eigenvalue weighted by Crippen LogP contribution is -2.19. The summed E-state index contributed by atoms with van der Waals surface area (Å²) in [6.07, 6.45) is 1.13. The van der Waals surface area contributed by atoms with Crippen molar-refractivity contribution in [3.63, 3.8) is 0 Å². The smallest absolute Gasteiger partial charge is 0.140 e. The van der Waals surface area contributed by atoms with Crippen LogP contribution in [0.4, 0.5) is 0 Å². The maximum absolute atomic E-state index is 12.4. The molecule has 1 heteroatoms. The highest BCUT2D eigenvalue weighted by Gasteiger charge is 2.29. The molecule has 1 atom stereocenters. The molecule has 1 aliphatic rings. The predicted molar refractivity (Wildman–Crippen MR) is 90.8 cm³/mol. The molecule has 4 rings (SSSR count). The van der Waals surface area contributed by atoms with Gasteiger partial charge in [-0.2, -0.15) is 0 Å². The van der Waals surface area contributed by atoms with Crippen molar-refractivity contribution in [2.24, 2.45) is 0 Å². The summed E-state index contributed by atoms with van der Waals surface area (Å²) in [5.41, 5.74) is 4.91. The number of carbonyl (C=O) groups excluding carboxylic acids is 1. The van der Waals surface area contributed by atoms with E-state index in [2.05, 4.69) is 61.5 Å². The van der Waals surface area contributed by atoms with Gasteiger partial charge in [-0.25, -0.2) is 0 Å². The number of ketones is 1. The molecule has 1 unspecified atom stereocenters. The molecule has 0 aromatic heterocycles. The zero-order chi connectivity index (χ0) is 15.1. The van der Waals surface area contributed by atoms with Crippen LogP contribution in [-0.2, 0) is 11.2 Å². The van der Waals surface area contributed by atoms with Crippen molar-refractivity contribution in [3.05, 3.63) is 78.7 Å². The number of Topliss-reactive ketones (excluding diaryl/α,β-unsaturated/α-hetero) is 1. The summed E-state index contributed by atoms with van der Waals surface area (Å²) < 4.78 is 0. The third kappa shape index (κ3) is 1.89. The van der Waals surface area contributed by atoms with Crippen LogP contribution in [-0.4, -0.2) is 5.78 Å². The molecule has 0 bridgehead atoms. The van der Waals surface area contributed by atoms with E-state index in [0.29, 0.717) is 6.42 Å². The molecule has 0 N–H and O–H groups in total. The van der Waals surface area contributed by atoms with Gasteiger partial charge >= 0.3 is 0 Å². The van der Waals surface area contributed by atoms with Crippen LogP contribution in [0, 0.1) is 6.92 Å². The van der Waals surface area contributed by atoms with Gasteiger partial charge in [-0.1, -0.05) is 60.7 Å². The van der Waals surface area contributed by atoms with Crippen molar-refractivity contribution >= 4 is 16.6 Å². The van der Waals surface area contributed by atoms with E-state index in [0.717, 1.165) is 12.0 Å². The van der Waals surface area contributed by atoms with E-state index in [1.54, 1.807) is 0 Å². The summed E-state index contributed by atoms with van der Waals surface area (Å²) in [7, 11) is 0. The minimum absolute atomic E-state index is 0.0630. The second-order valence-electron chi connectivity index (χ2n) is 5.87. The Kier molecular flexibility index (Phi) is 3.07. The van der Waals surface area contributed by atoms with Crippen molar-refractivity contribution in [1.29, 1.82) is 0 Å². The molecule has 0 aliphatic heterocycles. The topological polar surface area (TPSA) is 17.1 Å². The molecule has 1 nitrogen and oxygen atoms in total. The quantitative estimate of drug-likeness (QED) is 0.651. The zero-order valence-electron chi connectivity index (χ0n) is 12.4. The molecule has 1 aliphatic carbocycles. The largest absolute Gasteiger partial charge is 0.299 e. The summed E-state index contributed by atoms with van der Waals surface area (Å²) in [6, 6.07) is 21.1. The van der Waals surface area contributed by atoms with Crippen LogP contribution < -0.4 is 0 Å². The summed E-state index contributed by atoms with van der Waals surface area (Å²) in [5, 5.41) is 2.50. The molecular weight excluding hydrogens is 268 g/mol. The molecule has 22 heavy (non-hydrogen) atoms. The highest BCUT2D eigenvalue weighted by atomic mass is 16.1. The summed E-state index contributed by atoms with van der Waals surface area (Å²) in [6.45, 7) is 3.80. The fourth-order valence-electron chi connectivity index (χ4n) is 3.63. The molecule has 0 spiro atoms. The van der Waals surface area contributed by atoms with Crippen molar-refractivity contribution in [2.75, 3.05) is 0 Å². The van der Waals surface area contributed by atoms with Gasteiger partial charge in [-0.3, -0.25) is 4.79 Å². The normalized spacial score (nSPS) is 16.1. The molecular formula is C21H17O. The summed E-state index contributed by atoms with van der Waals surface area (Å²) in [5.74, 6) is 0.165. The molecule has 0 saturated carbocycles. The number of carbonyl (C=O) groups is 1. The fraction of sp³-hybridized carbons (Fsp3) is 0.143. The second kappa shape index (κ2) is 5.10. The Morgan fingerprint density at radius 2 is 1.73 bits per heavy atom. The second-order valence-corrected chi connectivity index (χ2v) is 5.87. The van der Waals surface area contributed by atoms with Crippen LogP contribution in [0.25, 0.3) is 21.9 Å². The van der Waals surface area contributed by atoms with Gasteiger partial charge in [0, 0.05) is 12.3 Å². The van der Waals surface area contributed by atoms with Gasteiger partial charge in [0.25, 0.3) is 0 Å². The van der Waals surface area contributed by atoms with Crippen LogP contribution in [0.2, 0.25) is 0 Å².